The lowest BCUT2D eigenvalue weighted by Crippen LogP contribution is -2.41. The summed E-state index contributed by atoms with van der Waals surface area (Å²) in [5.41, 5.74) is 0. The molecule has 0 aromatic heterocycles. The molecule has 70 valence electrons. The van der Waals surface area contributed by atoms with Crippen LogP contribution in [0.5, 0.6) is 0 Å². The molecular formula is C9H18N2S. The van der Waals surface area contributed by atoms with Crippen molar-refractivity contribution in [2.24, 2.45) is 5.92 Å². The summed E-state index contributed by atoms with van der Waals surface area (Å²) in [5, 5.41) is 7.35. The molecule has 0 bridgehead atoms. The van der Waals surface area contributed by atoms with Crippen molar-refractivity contribution in [1.82, 2.24) is 10.6 Å². The molecule has 0 aromatic carbocycles. The number of hydrogen-bond donors (Lipinski definition) is 2. The van der Waals surface area contributed by atoms with Crippen LogP contribution in [0.25, 0.3) is 0 Å². The molecule has 2 N–H and O–H groups in total. The molecule has 3 unspecified atom stereocenters. The van der Waals surface area contributed by atoms with Crippen LogP contribution in [0.1, 0.15) is 33.6 Å². The maximum atomic E-state index is 5.14. The number of rotatable bonds is 3. The van der Waals surface area contributed by atoms with Gasteiger partial charge in [0.05, 0.1) is 0 Å². The number of nitrogens with one attached hydrogen (secondary N) is 2. The Morgan fingerprint density at radius 1 is 1.67 bits per heavy atom. The molecule has 3 heteroatoms. The number of hydrogen-bond acceptors (Lipinski definition) is 1. The first kappa shape index (κ1) is 9.78. The van der Waals surface area contributed by atoms with E-state index < -0.39 is 0 Å². The summed E-state index contributed by atoms with van der Waals surface area (Å²) in [6, 6.07) is 1.12. The highest BCUT2D eigenvalue weighted by molar-refractivity contribution is 7.80. The highest BCUT2D eigenvalue weighted by atomic mass is 32.1. The molecule has 0 amide bonds. The third kappa shape index (κ3) is 2.97. The lowest BCUT2D eigenvalue weighted by atomic mass is 10.3. The maximum absolute atomic E-state index is 5.14. The first-order chi connectivity index (χ1) is 5.63. The van der Waals surface area contributed by atoms with Gasteiger partial charge in [0.15, 0.2) is 5.11 Å². The van der Waals surface area contributed by atoms with Crippen LogP contribution in [0.15, 0.2) is 0 Å². The zero-order chi connectivity index (χ0) is 9.14. The summed E-state index contributed by atoms with van der Waals surface area (Å²) < 4.78 is 0. The van der Waals surface area contributed by atoms with E-state index in [0.717, 1.165) is 17.5 Å². The summed E-state index contributed by atoms with van der Waals surface area (Å²) >= 11 is 5.14. The molecule has 0 heterocycles. The van der Waals surface area contributed by atoms with Crippen LogP contribution < -0.4 is 10.6 Å². The van der Waals surface area contributed by atoms with Crippen molar-refractivity contribution >= 4 is 17.3 Å². The first-order valence-electron chi connectivity index (χ1n) is 4.70. The van der Waals surface area contributed by atoms with Crippen molar-refractivity contribution in [1.29, 1.82) is 0 Å². The van der Waals surface area contributed by atoms with Crippen molar-refractivity contribution in [2.45, 2.75) is 45.7 Å². The molecule has 0 aromatic rings. The minimum atomic E-state index is 0.485. The fourth-order valence-electron chi connectivity index (χ4n) is 1.06. The zero-order valence-electron chi connectivity index (χ0n) is 8.05. The van der Waals surface area contributed by atoms with E-state index in [4.69, 9.17) is 12.2 Å². The van der Waals surface area contributed by atoms with Gasteiger partial charge in [0.25, 0.3) is 0 Å². The highest BCUT2D eigenvalue weighted by Crippen LogP contribution is 2.28. The molecule has 0 spiro atoms. The van der Waals surface area contributed by atoms with E-state index in [0.29, 0.717) is 12.1 Å². The number of thiocarbonyl (C=S) groups is 1. The summed E-state index contributed by atoms with van der Waals surface area (Å²) in [4.78, 5) is 0. The Balaban J connectivity index is 2.12. The van der Waals surface area contributed by atoms with Crippen molar-refractivity contribution in [3.63, 3.8) is 0 Å². The van der Waals surface area contributed by atoms with E-state index >= 15 is 0 Å². The lowest BCUT2D eigenvalue weighted by molar-refractivity contribution is 0.629. The Kier molecular flexibility index (Phi) is 3.32. The molecule has 0 aliphatic heterocycles. The van der Waals surface area contributed by atoms with Crippen LogP contribution in [0, 0.1) is 5.92 Å². The van der Waals surface area contributed by atoms with Crippen LogP contribution in [0.4, 0.5) is 0 Å². The smallest absolute Gasteiger partial charge is 0.166 e. The van der Waals surface area contributed by atoms with E-state index in [-0.39, 0.29) is 0 Å². The highest BCUT2D eigenvalue weighted by Gasteiger charge is 2.32. The summed E-state index contributed by atoms with van der Waals surface area (Å²) in [6.07, 6.45) is 2.38. The van der Waals surface area contributed by atoms with E-state index in [2.05, 4.69) is 31.4 Å². The van der Waals surface area contributed by atoms with Crippen molar-refractivity contribution in [3.8, 4) is 0 Å². The summed E-state index contributed by atoms with van der Waals surface area (Å²) in [5.74, 6) is 0.807. The predicted molar refractivity (Wildman–Crippen MR) is 56.2 cm³/mol. The average Bonchev–Trinajstić information content (AvgIpc) is 2.66. The standard InChI is InChI=1S/C9H18N2S/c1-4-7(3)10-9(12)11-8-5-6(8)2/h6-8H,4-5H2,1-3H3,(H2,10,11,12). The van der Waals surface area contributed by atoms with Gasteiger partial charge in [0.1, 0.15) is 0 Å². The predicted octanol–water partition coefficient (Wildman–Crippen LogP) is 1.66. The Morgan fingerprint density at radius 2 is 2.25 bits per heavy atom. The molecule has 1 aliphatic rings. The van der Waals surface area contributed by atoms with E-state index in [1.807, 2.05) is 0 Å². The minimum absolute atomic E-state index is 0.485. The Hall–Kier alpha value is -0.310. The van der Waals surface area contributed by atoms with Crippen LogP contribution in [-0.4, -0.2) is 17.2 Å². The molecule has 0 saturated heterocycles. The summed E-state index contributed by atoms with van der Waals surface area (Å²) in [7, 11) is 0. The molecule has 1 aliphatic carbocycles. The largest absolute Gasteiger partial charge is 0.360 e. The maximum Gasteiger partial charge on any atom is 0.166 e. The van der Waals surface area contributed by atoms with Gasteiger partial charge in [-0.2, -0.15) is 0 Å². The van der Waals surface area contributed by atoms with Crippen LogP contribution in [0.3, 0.4) is 0 Å². The topological polar surface area (TPSA) is 24.1 Å². The lowest BCUT2D eigenvalue weighted by Gasteiger charge is -2.14. The third-order valence-electron chi connectivity index (χ3n) is 2.42. The molecule has 3 atom stereocenters. The van der Waals surface area contributed by atoms with Crippen molar-refractivity contribution in [2.75, 3.05) is 0 Å². The van der Waals surface area contributed by atoms with Crippen LogP contribution in [0.2, 0.25) is 0 Å². The Labute approximate surface area is 80.1 Å². The van der Waals surface area contributed by atoms with Gasteiger partial charge >= 0.3 is 0 Å². The first-order valence-corrected chi connectivity index (χ1v) is 5.11. The second-order valence-electron chi connectivity index (χ2n) is 3.75. The van der Waals surface area contributed by atoms with Gasteiger partial charge in [-0.1, -0.05) is 13.8 Å². The second kappa shape index (κ2) is 4.08. The van der Waals surface area contributed by atoms with Gasteiger partial charge in [-0.15, -0.1) is 0 Å². The monoisotopic (exact) mass is 186 g/mol. The molecule has 2 nitrogen and oxygen atoms in total. The normalized spacial score (nSPS) is 29.2. The second-order valence-corrected chi connectivity index (χ2v) is 4.15. The Morgan fingerprint density at radius 3 is 2.67 bits per heavy atom. The average molecular weight is 186 g/mol. The van der Waals surface area contributed by atoms with Gasteiger partial charge in [0, 0.05) is 12.1 Å². The third-order valence-corrected chi connectivity index (χ3v) is 2.65. The fraction of sp³-hybridized carbons (Fsp3) is 0.889. The zero-order valence-corrected chi connectivity index (χ0v) is 8.87. The minimum Gasteiger partial charge on any atom is -0.360 e. The molecular weight excluding hydrogens is 168 g/mol. The molecule has 1 fully saturated rings. The fourth-order valence-corrected chi connectivity index (χ4v) is 1.41. The molecule has 1 rings (SSSR count). The van der Waals surface area contributed by atoms with E-state index in [9.17, 15) is 0 Å². The van der Waals surface area contributed by atoms with Gasteiger partial charge < -0.3 is 10.6 Å². The van der Waals surface area contributed by atoms with Gasteiger partial charge in [-0.3, -0.25) is 0 Å². The van der Waals surface area contributed by atoms with Crippen molar-refractivity contribution < 1.29 is 0 Å². The van der Waals surface area contributed by atoms with E-state index in [1.165, 1.54) is 6.42 Å². The van der Waals surface area contributed by atoms with Crippen LogP contribution in [-0.2, 0) is 0 Å². The molecule has 0 radical (unpaired) electrons. The molecule has 1 saturated carbocycles. The van der Waals surface area contributed by atoms with Gasteiger partial charge in [-0.25, -0.2) is 0 Å². The molecule has 12 heavy (non-hydrogen) atoms. The van der Waals surface area contributed by atoms with Gasteiger partial charge in [-0.05, 0) is 37.9 Å². The van der Waals surface area contributed by atoms with Crippen molar-refractivity contribution in [3.05, 3.63) is 0 Å². The quantitative estimate of drug-likeness (QED) is 0.656. The summed E-state index contributed by atoms with van der Waals surface area (Å²) in [6.45, 7) is 6.54. The van der Waals surface area contributed by atoms with Gasteiger partial charge in [0.2, 0.25) is 0 Å². The Bertz CT molecular complexity index is 162. The SMILES string of the molecule is CCC(C)NC(=S)NC1CC1C. The van der Waals surface area contributed by atoms with E-state index in [1.54, 1.807) is 0 Å². The van der Waals surface area contributed by atoms with Crippen LogP contribution >= 0.6 is 12.2 Å².